The van der Waals surface area contributed by atoms with Gasteiger partial charge in [0.05, 0.1) is 18.7 Å². The van der Waals surface area contributed by atoms with Crippen molar-refractivity contribution in [3.63, 3.8) is 0 Å². The minimum absolute atomic E-state index is 0.0665. The van der Waals surface area contributed by atoms with Crippen molar-refractivity contribution in [1.29, 1.82) is 0 Å². The molecule has 28 heavy (non-hydrogen) atoms. The summed E-state index contributed by atoms with van der Waals surface area (Å²) in [6, 6.07) is 4.25. The van der Waals surface area contributed by atoms with Gasteiger partial charge in [-0.3, -0.25) is 9.78 Å². The van der Waals surface area contributed by atoms with Crippen molar-refractivity contribution in [2.24, 2.45) is 5.92 Å². The highest BCUT2D eigenvalue weighted by Crippen LogP contribution is 2.35. The Labute approximate surface area is 171 Å². The van der Waals surface area contributed by atoms with E-state index in [1.54, 1.807) is 0 Å². The number of carbonyl (C=O) groups is 1. The first kappa shape index (κ1) is 19.0. The number of esters is 1. The van der Waals surface area contributed by atoms with Crippen molar-refractivity contribution in [1.82, 2.24) is 14.7 Å². The number of ether oxygens (including phenoxy) is 1. The van der Waals surface area contributed by atoms with E-state index in [-0.39, 0.29) is 11.9 Å². The van der Waals surface area contributed by atoms with Crippen molar-refractivity contribution in [2.45, 2.75) is 32.2 Å². The smallest absolute Gasteiger partial charge is 0.316 e. The normalized spacial score (nSPS) is 18.2. The molecule has 0 saturated carbocycles. The van der Waals surface area contributed by atoms with Gasteiger partial charge in [-0.15, -0.1) is 0 Å². The van der Waals surface area contributed by atoms with Crippen LogP contribution < -0.4 is 4.90 Å². The number of pyridine rings is 1. The number of anilines is 1. The fourth-order valence-electron chi connectivity index (χ4n) is 3.96. The first-order valence-electron chi connectivity index (χ1n) is 9.39. The fraction of sp³-hybridized carbons (Fsp3) is 0.450. The summed E-state index contributed by atoms with van der Waals surface area (Å²) in [5.41, 5.74) is 1.17. The number of carbonyl (C=O) groups excluding carboxylic acids is 1. The molecule has 0 radical (unpaired) electrons. The van der Waals surface area contributed by atoms with E-state index in [1.165, 1.54) is 12.6 Å². The van der Waals surface area contributed by atoms with Crippen LogP contribution in [-0.4, -0.2) is 40.9 Å². The van der Waals surface area contributed by atoms with Gasteiger partial charge in [0.15, 0.2) is 11.6 Å². The predicted octanol–water partition coefficient (Wildman–Crippen LogP) is 4.15. The molecule has 0 aromatic carbocycles. The summed E-state index contributed by atoms with van der Waals surface area (Å²) >= 11 is 3.63. The van der Waals surface area contributed by atoms with E-state index in [4.69, 9.17) is 9.26 Å². The van der Waals surface area contributed by atoms with Crippen molar-refractivity contribution < 1.29 is 14.1 Å². The largest absolute Gasteiger partial charge is 0.468 e. The average Bonchev–Trinajstić information content (AvgIpc) is 3.40. The van der Waals surface area contributed by atoms with Gasteiger partial charge in [-0.05, 0) is 34.3 Å². The molecule has 1 unspecified atom stereocenters. The second-order valence-electron chi connectivity index (χ2n) is 7.50. The summed E-state index contributed by atoms with van der Waals surface area (Å²) in [4.78, 5) is 18.5. The van der Waals surface area contributed by atoms with E-state index >= 15 is 0 Å². The number of methoxy groups -OCH3 is 1. The van der Waals surface area contributed by atoms with Crippen LogP contribution in [-0.2, 0) is 9.53 Å². The summed E-state index contributed by atoms with van der Waals surface area (Å²) in [7, 11) is 1.40. The van der Waals surface area contributed by atoms with E-state index in [1.807, 2.05) is 38.4 Å². The Morgan fingerprint density at radius 2 is 2.25 bits per heavy atom. The van der Waals surface area contributed by atoms with Gasteiger partial charge in [-0.2, -0.15) is 0 Å². The lowest BCUT2D eigenvalue weighted by Gasteiger charge is -2.17. The Balaban J connectivity index is 1.55. The summed E-state index contributed by atoms with van der Waals surface area (Å²) < 4.78 is 13.8. The topological polar surface area (TPSA) is 73.4 Å². The highest BCUT2D eigenvalue weighted by atomic mass is 79.9. The van der Waals surface area contributed by atoms with Gasteiger partial charge in [-0.25, -0.2) is 0 Å². The fourth-order valence-corrected chi connectivity index (χ4v) is 4.48. The lowest BCUT2D eigenvalue weighted by molar-refractivity contribution is -0.144. The Kier molecular flexibility index (Phi) is 5.14. The van der Waals surface area contributed by atoms with Crippen LogP contribution in [0.2, 0.25) is 0 Å². The molecule has 0 bridgehead atoms. The molecule has 0 spiro atoms. The summed E-state index contributed by atoms with van der Waals surface area (Å²) in [5, 5.41) is 5.34. The second kappa shape index (κ2) is 7.58. The van der Waals surface area contributed by atoms with Gasteiger partial charge in [-0.1, -0.05) is 19.0 Å². The molecule has 4 rings (SSSR count). The molecule has 0 amide bonds. The van der Waals surface area contributed by atoms with Crippen LogP contribution in [0.15, 0.2) is 39.7 Å². The Morgan fingerprint density at radius 3 is 3.00 bits per heavy atom. The Morgan fingerprint density at radius 1 is 1.43 bits per heavy atom. The van der Waals surface area contributed by atoms with Crippen LogP contribution in [0.5, 0.6) is 0 Å². The zero-order valence-corrected chi connectivity index (χ0v) is 17.7. The van der Waals surface area contributed by atoms with E-state index in [0.717, 1.165) is 35.2 Å². The molecule has 148 valence electrons. The molecule has 4 heterocycles. The van der Waals surface area contributed by atoms with Gasteiger partial charge in [0.25, 0.3) is 0 Å². The van der Waals surface area contributed by atoms with Gasteiger partial charge in [0.2, 0.25) is 0 Å². The number of fused-ring (bicyclic) bond motifs is 1. The first-order chi connectivity index (χ1) is 13.5. The van der Waals surface area contributed by atoms with Crippen LogP contribution in [0.4, 0.5) is 5.82 Å². The van der Waals surface area contributed by atoms with Gasteiger partial charge >= 0.3 is 5.97 Å². The van der Waals surface area contributed by atoms with Gasteiger partial charge in [0, 0.05) is 47.6 Å². The number of halogens is 1. The van der Waals surface area contributed by atoms with E-state index in [2.05, 4.69) is 41.7 Å². The molecule has 7 nitrogen and oxygen atoms in total. The average molecular weight is 447 g/mol. The summed E-state index contributed by atoms with van der Waals surface area (Å²) in [6.07, 6.45) is 6.83. The Bertz CT molecular complexity index is 996. The third-order valence-corrected chi connectivity index (χ3v) is 6.04. The lowest BCUT2D eigenvalue weighted by atomic mass is 9.93. The molecular weight excluding hydrogens is 424 g/mol. The molecule has 2 atom stereocenters. The van der Waals surface area contributed by atoms with Crippen molar-refractivity contribution in [2.75, 3.05) is 25.1 Å². The van der Waals surface area contributed by atoms with Crippen molar-refractivity contribution in [3.8, 4) is 0 Å². The molecular formula is C20H23BrN4O3. The maximum absolute atomic E-state index is 12.1. The van der Waals surface area contributed by atoms with Gasteiger partial charge in [0.1, 0.15) is 5.92 Å². The monoisotopic (exact) mass is 446 g/mol. The van der Waals surface area contributed by atoms with E-state index in [0.29, 0.717) is 11.8 Å². The number of nitrogens with zero attached hydrogens (tertiary/aromatic N) is 4. The van der Waals surface area contributed by atoms with Crippen molar-refractivity contribution >= 4 is 38.6 Å². The molecule has 1 saturated heterocycles. The number of aromatic nitrogens is 3. The summed E-state index contributed by atoms with van der Waals surface area (Å²) in [5.74, 6) is 0.650. The second-order valence-corrected chi connectivity index (χ2v) is 8.35. The van der Waals surface area contributed by atoms with Crippen LogP contribution in [0, 0.1) is 5.92 Å². The predicted molar refractivity (Wildman–Crippen MR) is 109 cm³/mol. The van der Waals surface area contributed by atoms with Crippen LogP contribution >= 0.6 is 15.9 Å². The third kappa shape index (κ3) is 3.30. The minimum Gasteiger partial charge on any atom is -0.468 e. The van der Waals surface area contributed by atoms with Crippen LogP contribution in [0.3, 0.4) is 0 Å². The molecule has 0 N–H and O–H groups in total. The van der Waals surface area contributed by atoms with E-state index < -0.39 is 5.92 Å². The maximum Gasteiger partial charge on any atom is 0.316 e. The molecule has 1 fully saturated rings. The zero-order chi connectivity index (χ0) is 19.8. The number of hydrogen-bond acceptors (Lipinski definition) is 6. The summed E-state index contributed by atoms with van der Waals surface area (Å²) in [6.45, 7) is 5.65. The standard InChI is InChI=1S/C20H23BrN4O3/c1-12(2)19(20(26)27-3)17-8-18(23-28-17)24-7-5-13(10-24)25-11-15(21)14-9-22-6-4-16(14)25/h4,6,8-9,11-13,19H,5,7,10H2,1-3H3/t13-,19?/m1/s1. The van der Waals surface area contributed by atoms with E-state index in [9.17, 15) is 4.79 Å². The third-order valence-electron chi connectivity index (χ3n) is 5.41. The molecule has 3 aromatic heterocycles. The lowest BCUT2D eigenvalue weighted by Crippen LogP contribution is -2.21. The molecule has 1 aliphatic heterocycles. The van der Waals surface area contributed by atoms with Crippen LogP contribution in [0.25, 0.3) is 10.9 Å². The maximum atomic E-state index is 12.1. The number of rotatable bonds is 5. The van der Waals surface area contributed by atoms with Crippen LogP contribution in [0.1, 0.15) is 38.0 Å². The molecule has 0 aliphatic carbocycles. The molecule has 1 aliphatic rings. The quantitative estimate of drug-likeness (QED) is 0.548. The first-order valence-corrected chi connectivity index (χ1v) is 10.2. The van der Waals surface area contributed by atoms with Gasteiger partial charge < -0.3 is 18.7 Å². The van der Waals surface area contributed by atoms with Crippen molar-refractivity contribution in [3.05, 3.63) is 41.0 Å². The zero-order valence-electron chi connectivity index (χ0n) is 16.1. The number of hydrogen-bond donors (Lipinski definition) is 0. The highest BCUT2D eigenvalue weighted by Gasteiger charge is 2.32. The SMILES string of the molecule is COC(=O)C(c1cc(N2CC[C@@H](n3cc(Br)c4cnccc43)C2)no1)C(C)C. The molecule has 3 aromatic rings. The minimum atomic E-state index is -0.443. The highest BCUT2D eigenvalue weighted by molar-refractivity contribution is 9.10. The molecule has 8 heteroatoms. The Hall–Kier alpha value is -2.35.